The zero-order valence-electron chi connectivity index (χ0n) is 14.4. The molecule has 0 atom stereocenters. The molecule has 25 heavy (non-hydrogen) atoms. The number of hydrogen-bond acceptors (Lipinski definition) is 6. The summed E-state index contributed by atoms with van der Waals surface area (Å²) in [5.41, 5.74) is 3.80. The monoisotopic (exact) mass is 335 g/mol. The Morgan fingerprint density at radius 1 is 1.00 bits per heavy atom. The molecule has 2 aromatic heterocycles. The molecule has 3 rings (SSSR count). The Labute approximate surface area is 147 Å². The van der Waals surface area contributed by atoms with Gasteiger partial charge >= 0.3 is 0 Å². The van der Waals surface area contributed by atoms with Crippen LogP contribution in [0.2, 0.25) is 0 Å². The molecule has 1 N–H and O–H groups in total. The van der Waals surface area contributed by atoms with Gasteiger partial charge in [-0.15, -0.1) is 10.2 Å². The first-order valence-corrected chi connectivity index (χ1v) is 8.39. The molecular weight excluding hydrogens is 314 g/mol. The summed E-state index contributed by atoms with van der Waals surface area (Å²) in [4.78, 5) is 8.63. The van der Waals surface area contributed by atoms with Gasteiger partial charge in [-0.2, -0.15) is 0 Å². The Hall–Kier alpha value is -3.02. The van der Waals surface area contributed by atoms with E-state index in [-0.39, 0.29) is 0 Å². The summed E-state index contributed by atoms with van der Waals surface area (Å²) in [6.07, 6.45) is 5.21. The summed E-state index contributed by atoms with van der Waals surface area (Å²) in [6, 6.07) is 11.6. The molecular formula is C19H21N5O. The first-order chi connectivity index (χ1) is 12.3. The van der Waals surface area contributed by atoms with Crippen molar-refractivity contribution in [3.63, 3.8) is 0 Å². The molecule has 1 aromatic carbocycles. The van der Waals surface area contributed by atoms with Crippen molar-refractivity contribution in [3.05, 3.63) is 65.7 Å². The van der Waals surface area contributed by atoms with E-state index in [2.05, 4.69) is 39.3 Å². The largest absolute Gasteiger partial charge is 0.489 e. The average Bonchev–Trinajstić information content (AvgIpc) is 2.67. The molecule has 0 aliphatic heterocycles. The van der Waals surface area contributed by atoms with Crippen LogP contribution < -0.4 is 10.1 Å². The number of hydrogen-bond donors (Lipinski definition) is 1. The van der Waals surface area contributed by atoms with Crippen molar-refractivity contribution in [2.75, 3.05) is 5.32 Å². The van der Waals surface area contributed by atoms with E-state index in [0.29, 0.717) is 12.6 Å². The van der Waals surface area contributed by atoms with Crippen LogP contribution in [0.25, 0.3) is 0 Å². The summed E-state index contributed by atoms with van der Waals surface area (Å²) in [5.74, 6) is 1.26. The highest BCUT2D eigenvalue weighted by Gasteiger charge is 2.07. The van der Waals surface area contributed by atoms with Crippen molar-refractivity contribution in [3.8, 4) is 5.75 Å². The van der Waals surface area contributed by atoms with Gasteiger partial charge in [0.05, 0.1) is 11.4 Å². The molecule has 2 heterocycles. The first kappa shape index (κ1) is 16.8. The smallest absolute Gasteiger partial charge is 0.247 e. The second-order valence-corrected chi connectivity index (χ2v) is 5.54. The van der Waals surface area contributed by atoms with E-state index in [1.165, 1.54) is 0 Å². The Balaban J connectivity index is 1.69. The van der Waals surface area contributed by atoms with Crippen LogP contribution in [0.15, 0.2) is 48.8 Å². The van der Waals surface area contributed by atoms with Gasteiger partial charge in [0.25, 0.3) is 0 Å². The summed E-state index contributed by atoms with van der Waals surface area (Å²) in [5, 5.41) is 11.6. The van der Waals surface area contributed by atoms with Crippen molar-refractivity contribution in [2.45, 2.75) is 33.3 Å². The number of aryl methyl sites for hydroxylation is 2. The fourth-order valence-corrected chi connectivity index (χ4v) is 2.43. The molecule has 0 aliphatic carbocycles. The Kier molecular flexibility index (Phi) is 5.51. The van der Waals surface area contributed by atoms with E-state index in [1.54, 1.807) is 12.4 Å². The van der Waals surface area contributed by atoms with Gasteiger partial charge < -0.3 is 10.1 Å². The summed E-state index contributed by atoms with van der Waals surface area (Å²) < 4.78 is 5.82. The maximum absolute atomic E-state index is 5.82. The van der Waals surface area contributed by atoms with Gasteiger partial charge in [-0.25, -0.2) is 4.98 Å². The van der Waals surface area contributed by atoms with Gasteiger partial charge in [0.2, 0.25) is 5.95 Å². The molecule has 0 fully saturated rings. The molecule has 6 nitrogen and oxygen atoms in total. The maximum Gasteiger partial charge on any atom is 0.247 e. The van der Waals surface area contributed by atoms with Gasteiger partial charge in [-0.3, -0.25) is 4.98 Å². The molecule has 0 bridgehead atoms. The van der Waals surface area contributed by atoms with E-state index >= 15 is 0 Å². The van der Waals surface area contributed by atoms with Crippen LogP contribution in [0.3, 0.4) is 0 Å². The lowest BCUT2D eigenvalue weighted by molar-refractivity contribution is 0.306. The number of pyridine rings is 1. The molecule has 0 aliphatic rings. The molecule has 6 heteroatoms. The number of aromatic nitrogens is 4. The topological polar surface area (TPSA) is 72.8 Å². The molecule has 0 saturated heterocycles. The van der Waals surface area contributed by atoms with Crippen LogP contribution in [-0.4, -0.2) is 20.2 Å². The van der Waals surface area contributed by atoms with Crippen LogP contribution in [0.5, 0.6) is 5.75 Å². The molecule has 3 aromatic rings. The average molecular weight is 335 g/mol. The highest BCUT2D eigenvalue weighted by Crippen LogP contribution is 2.21. The van der Waals surface area contributed by atoms with Crippen LogP contribution in [0, 0.1) is 0 Å². The maximum atomic E-state index is 5.82. The SMILES string of the molecule is CCc1nnc(Nc2cccc(OCc3cccnc3)c2)nc1CC. The standard InChI is InChI=1S/C19H21N5O/c1-3-17-18(4-2)23-24-19(22-17)21-15-8-5-9-16(11-15)25-13-14-7-6-10-20-12-14/h5-12H,3-4,13H2,1-2H3,(H,21,22,24). The molecule has 0 saturated carbocycles. The van der Waals surface area contributed by atoms with Crippen LogP contribution in [0.4, 0.5) is 11.6 Å². The zero-order valence-corrected chi connectivity index (χ0v) is 14.4. The fraction of sp³-hybridized carbons (Fsp3) is 0.263. The third-order valence-electron chi connectivity index (χ3n) is 3.73. The van der Waals surface area contributed by atoms with Crippen LogP contribution in [-0.2, 0) is 19.4 Å². The van der Waals surface area contributed by atoms with Crippen molar-refractivity contribution in [1.29, 1.82) is 0 Å². The van der Waals surface area contributed by atoms with Crippen molar-refractivity contribution < 1.29 is 4.74 Å². The highest BCUT2D eigenvalue weighted by atomic mass is 16.5. The Morgan fingerprint density at radius 2 is 1.88 bits per heavy atom. The third-order valence-corrected chi connectivity index (χ3v) is 3.73. The highest BCUT2D eigenvalue weighted by molar-refractivity contribution is 5.55. The quantitative estimate of drug-likeness (QED) is 0.709. The number of anilines is 2. The summed E-state index contributed by atoms with van der Waals surface area (Å²) in [7, 11) is 0. The van der Waals surface area contributed by atoms with Crippen molar-refractivity contribution in [1.82, 2.24) is 20.2 Å². The zero-order chi connectivity index (χ0) is 17.5. The molecule has 128 valence electrons. The number of benzene rings is 1. The lowest BCUT2D eigenvalue weighted by Gasteiger charge is -2.10. The van der Waals surface area contributed by atoms with Crippen molar-refractivity contribution in [2.24, 2.45) is 0 Å². The number of rotatable bonds is 7. The van der Waals surface area contributed by atoms with Gasteiger partial charge in [0.15, 0.2) is 0 Å². The Bertz CT molecular complexity index is 823. The van der Waals surface area contributed by atoms with Crippen LogP contribution >= 0.6 is 0 Å². The normalized spacial score (nSPS) is 10.5. The van der Waals surface area contributed by atoms with Gasteiger partial charge in [0, 0.05) is 29.7 Å². The second kappa shape index (κ2) is 8.19. The molecule has 0 amide bonds. The minimum absolute atomic E-state index is 0.473. The van der Waals surface area contributed by atoms with Gasteiger partial charge in [0.1, 0.15) is 12.4 Å². The lowest BCUT2D eigenvalue weighted by Crippen LogP contribution is -2.06. The summed E-state index contributed by atoms with van der Waals surface area (Å²) >= 11 is 0. The third kappa shape index (κ3) is 4.50. The fourth-order valence-electron chi connectivity index (χ4n) is 2.43. The summed E-state index contributed by atoms with van der Waals surface area (Å²) in [6.45, 7) is 4.60. The molecule has 0 spiro atoms. The molecule has 0 unspecified atom stereocenters. The number of nitrogens with one attached hydrogen (secondary N) is 1. The van der Waals surface area contributed by atoms with E-state index in [9.17, 15) is 0 Å². The van der Waals surface area contributed by atoms with Crippen molar-refractivity contribution >= 4 is 11.6 Å². The van der Waals surface area contributed by atoms with E-state index in [4.69, 9.17) is 4.74 Å². The number of nitrogens with zero attached hydrogens (tertiary/aromatic N) is 4. The number of ether oxygens (including phenoxy) is 1. The Morgan fingerprint density at radius 3 is 2.64 bits per heavy atom. The minimum Gasteiger partial charge on any atom is -0.489 e. The van der Waals surface area contributed by atoms with E-state index in [1.807, 2.05) is 36.4 Å². The first-order valence-electron chi connectivity index (χ1n) is 8.39. The van der Waals surface area contributed by atoms with Gasteiger partial charge in [-0.05, 0) is 31.0 Å². The molecule has 0 radical (unpaired) electrons. The van der Waals surface area contributed by atoms with E-state index in [0.717, 1.165) is 41.2 Å². The lowest BCUT2D eigenvalue weighted by atomic mass is 10.2. The predicted octanol–water partition coefficient (Wildman–Crippen LogP) is 3.71. The minimum atomic E-state index is 0.473. The predicted molar refractivity (Wildman–Crippen MR) is 96.9 cm³/mol. The van der Waals surface area contributed by atoms with Crippen LogP contribution in [0.1, 0.15) is 30.8 Å². The van der Waals surface area contributed by atoms with E-state index < -0.39 is 0 Å². The van der Waals surface area contributed by atoms with Gasteiger partial charge in [-0.1, -0.05) is 26.0 Å². The second-order valence-electron chi connectivity index (χ2n) is 5.54.